The Morgan fingerprint density at radius 1 is 1.24 bits per heavy atom. The average molecular weight is 461 g/mol. The van der Waals surface area contributed by atoms with E-state index in [0.717, 1.165) is 55.6 Å². The lowest BCUT2D eigenvalue weighted by Crippen LogP contribution is -2.41. The Bertz CT molecular complexity index is 577. The third kappa shape index (κ3) is 5.64. The second-order valence-electron chi connectivity index (χ2n) is 6.34. The van der Waals surface area contributed by atoms with Crippen LogP contribution >= 0.6 is 24.0 Å². The summed E-state index contributed by atoms with van der Waals surface area (Å²) in [6.07, 6.45) is 2.05. The van der Waals surface area contributed by atoms with Crippen LogP contribution < -0.4 is 14.8 Å². The van der Waals surface area contributed by atoms with Crippen molar-refractivity contribution in [2.75, 3.05) is 47.1 Å². The first-order chi connectivity index (χ1) is 11.8. The zero-order valence-corrected chi connectivity index (χ0v) is 17.3. The van der Waals surface area contributed by atoms with Gasteiger partial charge < -0.3 is 24.4 Å². The van der Waals surface area contributed by atoms with Crippen LogP contribution in [0.3, 0.4) is 0 Å². The quantitative estimate of drug-likeness (QED) is 0.425. The molecule has 0 spiro atoms. The summed E-state index contributed by atoms with van der Waals surface area (Å²) in [6, 6.07) is 6.10. The van der Waals surface area contributed by atoms with Gasteiger partial charge in [0, 0.05) is 46.1 Å². The molecule has 1 N–H and O–H groups in total. The van der Waals surface area contributed by atoms with Gasteiger partial charge in [0.2, 0.25) is 0 Å². The van der Waals surface area contributed by atoms with Gasteiger partial charge in [-0.25, -0.2) is 0 Å². The first-order valence-corrected chi connectivity index (χ1v) is 8.64. The first kappa shape index (κ1) is 20.1. The number of hydrogen-bond donors (Lipinski definition) is 1. The molecule has 2 aliphatic rings. The van der Waals surface area contributed by atoms with Crippen LogP contribution in [-0.2, 0) is 11.3 Å². The fourth-order valence-electron chi connectivity index (χ4n) is 3.08. The molecule has 6 nitrogen and oxygen atoms in total. The van der Waals surface area contributed by atoms with Gasteiger partial charge in [-0.05, 0) is 24.1 Å². The zero-order chi connectivity index (χ0) is 16.8. The van der Waals surface area contributed by atoms with Gasteiger partial charge in [-0.3, -0.25) is 4.99 Å². The molecule has 0 bridgehead atoms. The number of aliphatic imine (C=N–C) groups is 1. The van der Waals surface area contributed by atoms with Crippen molar-refractivity contribution in [1.29, 1.82) is 0 Å². The number of rotatable bonds is 4. The molecule has 0 saturated carbocycles. The number of fused-ring (bicyclic) bond motifs is 1. The topological polar surface area (TPSA) is 55.3 Å². The molecule has 2 heterocycles. The number of hydrogen-bond acceptors (Lipinski definition) is 4. The summed E-state index contributed by atoms with van der Waals surface area (Å²) in [6.45, 7) is 4.81. The monoisotopic (exact) mass is 461 g/mol. The summed E-state index contributed by atoms with van der Waals surface area (Å²) in [4.78, 5) is 6.55. The minimum atomic E-state index is 0. The standard InChI is InChI=1S/C18H27N3O3.HI/c1-19-18(21(2)12-15-6-9-22-13-15)20-11-14-4-5-16-17(10-14)24-8-3-7-23-16;/h4-5,10,15H,3,6-9,11-13H2,1-2H3,(H,19,20);1H. The fraction of sp³-hybridized carbons (Fsp3) is 0.611. The molecule has 25 heavy (non-hydrogen) atoms. The number of ether oxygens (including phenoxy) is 3. The van der Waals surface area contributed by atoms with Crippen molar-refractivity contribution < 1.29 is 14.2 Å². The predicted molar refractivity (Wildman–Crippen MR) is 109 cm³/mol. The molecule has 0 radical (unpaired) electrons. The van der Waals surface area contributed by atoms with E-state index in [9.17, 15) is 0 Å². The van der Waals surface area contributed by atoms with Gasteiger partial charge in [0.25, 0.3) is 0 Å². The van der Waals surface area contributed by atoms with Crippen molar-refractivity contribution in [2.45, 2.75) is 19.4 Å². The van der Waals surface area contributed by atoms with E-state index in [-0.39, 0.29) is 24.0 Å². The number of benzene rings is 1. The molecule has 1 aromatic carbocycles. The normalized spacial score (nSPS) is 19.8. The summed E-state index contributed by atoms with van der Waals surface area (Å²) >= 11 is 0. The van der Waals surface area contributed by atoms with Gasteiger partial charge in [-0.15, -0.1) is 24.0 Å². The Balaban J connectivity index is 0.00000225. The van der Waals surface area contributed by atoms with Crippen LogP contribution in [0, 0.1) is 5.92 Å². The van der Waals surface area contributed by atoms with Crippen LogP contribution in [0.15, 0.2) is 23.2 Å². The van der Waals surface area contributed by atoms with Crippen LogP contribution in [0.1, 0.15) is 18.4 Å². The van der Waals surface area contributed by atoms with Gasteiger partial charge in [-0.2, -0.15) is 0 Å². The van der Waals surface area contributed by atoms with Crippen LogP contribution in [-0.4, -0.2) is 57.9 Å². The van der Waals surface area contributed by atoms with Gasteiger partial charge in [0.15, 0.2) is 17.5 Å². The molecule has 1 fully saturated rings. The van der Waals surface area contributed by atoms with Crippen LogP contribution in [0.4, 0.5) is 0 Å². The SMILES string of the molecule is CN=C(NCc1ccc2c(c1)OCCCO2)N(C)CC1CCOC1.I. The van der Waals surface area contributed by atoms with E-state index in [1.165, 1.54) is 0 Å². The minimum Gasteiger partial charge on any atom is -0.490 e. The Morgan fingerprint density at radius 3 is 2.76 bits per heavy atom. The molecular weight excluding hydrogens is 433 g/mol. The van der Waals surface area contributed by atoms with E-state index >= 15 is 0 Å². The number of nitrogens with zero attached hydrogens (tertiary/aromatic N) is 2. The maximum atomic E-state index is 5.75. The summed E-state index contributed by atoms with van der Waals surface area (Å²) in [5.41, 5.74) is 1.15. The lowest BCUT2D eigenvalue weighted by molar-refractivity contribution is 0.181. The summed E-state index contributed by atoms with van der Waals surface area (Å²) in [5.74, 6) is 3.15. The highest BCUT2D eigenvalue weighted by molar-refractivity contribution is 14.0. The zero-order valence-electron chi connectivity index (χ0n) is 15.0. The van der Waals surface area contributed by atoms with Crippen LogP contribution in [0.5, 0.6) is 11.5 Å². The molecule has 1 aromatic rings. The third-order valence-corrected chi connectivity index (χ3v) is 4.39. The molecule has 2 aliphatic heterocycles. The molecule has 0 aromatic heterocycles. The second-order valence-corrected chi connectivity index (χ2v) is 6.34. The lowest BCUT2D eigenvalue weighted by Gasteiger charge is -2.24. The average Bonchev–Trinajstić information content (AvgIpc) is 2.98. The maximum Gasteiger partial charge on any atom is 0.193 e. The van der Waals surface area contributed by atoms with Gasteiger partial charge in [0.05, 0.1) is 19.8 Å². The number of nitrogens with one attached hydrogen (secondary N) is 1. The summed E-state index contributed by atoms with van der Waals surface area (Å²) in [5, 5.41) is 3.42. The lowest BCUT2D eigenvalue weighted by atomic mass is 10.1. The van der Waals surface area contributed by atoms with Crippen molar-refractivity contribution >= 4 is 29.9 Å². The molecule has 7 heteroatoms. The molecule has 1 saturated heterocycles. The van der Waals surface area contributed by atoms with Crippen molar-refractivity contribution in [3.63, 3.8) is 0 Å². The molecule has 140 valence electrons. The van der Waals surface area contributed by atoms with Crippen molar-refractivity contribution in [3.05, 3.63) is 23.8 Å². The predicted octanol–water partition coefficient (Wildman–Crippen LogP) is 2.51. The van der Waals surface area contributed by atoms with Gasteiger partial charge in [-0.1, -0.05) is 6.07 Å². The Hall–Kier alpha value is -1.22. The van der Waals surface area contributed by atoms with E-state index < -0.39 is 0 Å². The van der Waals surface area contributed by atoms with E-state index in [4.69, 9.17) is 14.2 Å². The fourth-order valence-corrected chi connectivity index (χ4v) is 3.08. The van der Waals surface area contributed by atoms with E-state index in [2.05, 4.69) is 28.3 Å². The van der Waals surface area contributed by atoms with Crippen LogP contribution in [0.2, 0.25) is 0 Å². The summed E-state index contributed by atoms with van der Waals surface area (Å²) < 4.78 is 16.9. The van der Waals surface area contributed by atoms with Crippen LogP contribution in [0.25, 0.3) is 0 Å². The van der Waals surface area contributed by atoms with Gasteiger partial charge in [0.1, 0.15) is 0 Å². The molecular formula is C18H28IN3O3. The van der Waals surface area contributed by atoms with E-state index in [1.54, 1.807) is 0 Å². The molecule has 0 aliphatic carbocycles. The molecule has 1 unspecified atom stereocenters. The summed E-state index contributed by atoms with van der Waals surface area (Å²) in [7, 11) is 3.89. The highest BCUT2D eigenvalue weighted by atomic mass is 127. The molecule has 3 rings (SSSR count). The van der Waals surface area contributed by atoms with Crippen molar-refractivity contribution in [3.8, 4) is 11.5 Å². The van der Waals surface area contributed by atoms with E-state index in [0.29, 0.717) is 25.7 Å². The van der Waals surface area contributed by atoms with Crippen molar-refractivity contribution in [2.24, 2.45) is 10.9 Å². The first-order valence-electron chi connectivity index (χ1n) is 8.64. The highest BCUT2D eigenvalue weighted by Gasteiger charge is 2.19. The molecule has 1 atom stereocenters. The minimum absolute atomic E-state index is 0. The highest BCUT2D eigenvalue weighted by Crippen LogP contribution is 2.30. The second kappa shape index (κ2) is 10.1. The Morgan fingerprint density at radius 2 is 2.04 bits per heavy atom. The third-order valence-electron chi connectivity index (χ3n) is 4.39. The number of guanidine groups is 1. The Kier molecular flexibility index (Phi) is 8.08. The number of halogens is 1. The molecule has 0 amide bonds. The maximum absolute atomic E-state index is 5.75. The Labute approximate surface area is 166 Å². The van der Waals surface area contributed by atoms with Crippen molar-refractivity contribution in [1.82, 2.24) is 10.2 Å². The smallest absolute Gasteiger partial charge is 0.193 e. The van der Waals surface area contributed by atoms with E-state index in [1.807, 2.05) is 19.2 Å². The van der Waals surface area contributed by atoms with Gasteiger partial charge >= 0.3 is 0 Å². The largest absolute Gasteiger partial charge is 0.490 e.